The fourth-order valence-corrected chi connectivity index (χ4v) is 5.58. The maximum atomic E-state index is 13.3. The fourth-order valence-electron chi connectivity index (χ4n) is 5.58. The van der Waals surface area contributed by atoms with Crippen molar-refractivity contribution in [1.82, 2.24) is 20.4 Å². The number of carbonyl (C=O) groups excluding carboxylic acids is 3. The number of piperazine rings is 1. The maximum Gasteiger partial charge on any atom is 0.255 e. The molecule has 3 amide bonds. The molecule has 7 nitrogen and oxygen atoms in total. The highest BCUT2D eigenvalue weighted by molar-refractivity contribution is 6.05. The summed E-state index contributed by atoms with van der Waals surface area (Å²) in [7, 11) is 0. The van der Waals surface area contributed by atoms with Crippen LogP contribution >= 0.6 is 0 Å². The van der Waals surface area contributed by atoms with Crippen molar-refractivity contribution in [2.75, 3.05) is 13.1 Å². The third-order valence-corrected chi connectivity index (χ3v) is 7.02. The SMILES string of the molecule is O=C1CCC(N2Cc3cccc(CN4CCNC5CCCCC54)c3C2=O)C(=O)N1. The van der Waals surface area contributed by atoms with Gasteiger partial charge in [0.25, 0.3) is 5.91 Å². The summed E-state index contributed by atoms with van der Waals surface area (Å²) in [5, 5.41) is 6.05. The van der Waals surface area contributed by atoms with Gasteiger partial charge in [-0.1, -0.05) is 31.0 Å². The Labute approximate surface area is 170 Å². The number of nitrogens with zero attached hydrogens (tertiary/aromatic N) is 2. The van der Waals surface area contributed by atoms with Gasteiger partial charge in [0, 0.05) is 50.2 Å². The molecular formula is C22H28N4O3. The van der Waals surface area contributed by atoms with E-state index in [0.717, 1.165) is 36.3 Å². The van der Waals surface area contributed by atoms with E-state index >= 15 is 0 Å². The molecule has 0 aromatic heterocycles. The molecule has 2 N–H and O–H groups in total. The predicted octanol–water partition coefficient (Wildman–Crippen LogP) is 1.16. The van der Waals surface area contributed by atoms with E-state index in [0.29, 0.717) is 25.0 Å². The van der Waals surface area contributed by atoms with E-state index in [1.54, 1.807) is 4.90 Å². The molecule has 5 rings (SSSR count). The molecule has 4 aliphatic rings. The third kappa shape index (κ3) is 3.36. The summed E-state index contributed by atoms with van der Waals surface area (Å²) in [6.45, 7) is 3.21. The zero-order valence-electron chi connectivity index (χ0n) is 16.7. The van der Waals surface area contributed by atoms with Gasteiger partial charge >= 0.3 is 0 Å². The number of amides is 3. The van der Waals surface area contributed by atoms with Gasteiger partial charge in [0.1, 0.15) is 6.04 Å². The first-order chi connectivity index (χ1) is 14.1. The summed E-state index contributed by atoms with van der Waals surface area (Å²) in [6, 6.07) is 6.62. The first-order valence-electron chi connectivity index (χ1n) is 10.8. The summed E-state index contributed by atoms with van der Waals surface area (Å²) in [4.78, 5) is 41.3. The van der Waals surface area contributed by atoms with Crippen molar-refractivity contribution in [3.8, 4) is 0 Å². The molecule has 1 aromatic rings. The van der Waals surface area contributed by atoms with E-state index in [1.165, 1.54) is 25.7 Å². The number of piperidine rings is 1. The highest BCUT2D eigenvalue weighted by Gasteiger charge is 2.40. The van der Waals surface area contributed by atoms with Crippen LogP contribution in [0, 0.1) is 0 Å². The van der Waals surface area contributed by atoms with Crippen LogP contribution in [0.25, 0.3) is 0 Å². The number of fused-ring (bicyclic) bond motifs is 2. The Hall–Kier alpha value is -2.25. The number of nitrogens with one attached hydrogen (secondary N) is 2. The molecule has 0 bridgehead atoms. The van der Waals surface area contributed by atoms with Crippen molar-refractivity contribution in [3.63, 3.8) is 0 Å². The minimum Gasteiger partial charge on any atom is -0.322 e. The van der Waals surface area contributed by atoms with E-state index in [9.17, 15) is 14.4 Å². The number of benzene rings is 1. The van der Waals surface area contributed by atoms with Gasteiger partial charge in [-0.15, -0.1) is 0 Å². The van der Waals surface area contributed by atoms with Crippen LogP contribution in [-0.4, -0.2) is 58.7 Å². The topological polar surface area (TPSA) is 81.8 Å². The lowest BCUT2D eigenvalue weighted by atomic mass is 9.87. The van der Waals surface area contributed by atoms with Gasteiger partial charge in [-0.3, -0.25) is 24.6 Å². The van der Waals surface area contributed by atoms with Crippen LogP contribution in [0.4, 0.5) is 0 Å². The van der Waals surface area contributed by atoms with Crippen LogP contribution in [0.2, 0.25) is 0 Å². The monoisotopic (exact) mass is 396 g/mol. The quantitative estimate of drug-likeness (QED) is 0.750. The lowest BCUT2D eigenvalue weighted by molar-refractivity contribution is -0.136. The molecular weight excluding hydrogens is 368 g/mol. The van der Waals surface area contributed by atoms with E-state index < -0.39 is 6.04 Å². The van der Waals surface area contributed by atoms with Crippen molar-refractivity contribution in [2.45, 2.75) is 69.7 Å². The largest absolute Gasteiger partial charge is 0.322 e. The molecule has 0 radical (unpaired) electrons. The molecule has 3 aliphatic heterocycles. The molecule has 3 atom stereocenters. The summed E-state index contributed by atoms with van der Waals surface area (Å²) in [5.41, 5.74) is 2.82. The summed E-state index contributed by atoms with van der Waals surface area (Å²) >= 11 is 0. The normalized spacial score (nSPS) is 30.1. The average Bonchev–Trinajstić information content (AvgIpc) is 3.06. The Morgan fingerprint density at radius 2 is 1.93 bits per heavy atom. The first kappa shape index (κ1) is 18.8. The predicted molar refractivity (Wildman–Crippen MR) is 107 cm³/mol. The van der Waals surface area contributed by atoms with Crippen molar-refractivity contribution in [1.29, 1.82) is 0 Å². The molecule has 29 heavy (non-hydrogen) atoms. The molecule has 0 spiro atoms. The van der Waals surface area contributed by atoms with Crippen LogP contribution < -0.4 is 10.6 Å². The Kier molecular flexibility index (Phi) is 4.87. The Morgan fingerprint density at radius 1 is 1.07 bits per heavy atom. The van der Waals surface area contributed by atoms with Crippen LogP contribution in [0.15, 0.2) is 18.2 Å². The van der Waals surface area contributed by atoms with Crippen molar-refractivity contribution < 1.29 is 14.4 Å². The van der Waals surface area contributed by atoms with Gasteiger partial charge in [-0.2, -0.15) is 0 Å². The minimum atomic E-state index is -0.553. The van der Waals surface area contributed by atoms with Gasteiger partial charge in [0.05, 0.1) is 0 Å². The number of rotatable bonds is 3. The van der Waals surface area contributed by atoms with E-state index in [2.05, 4.69) is 21.6 Å². The molecule has 7 heteroatoms. The van der Waals surface area contributed by atoms with Crippen molar-refractivity contribution >= 4 is 17.7 Å². The molecule has 3 heterocycles. The molecule has 1 aliphatic carbocycles. The summed E-state index contributed by atoms with van der Waals surface area (Å²) in [5.74, 6) is -0.673. The standard InChI is InChI=1S/C22H28N4O3/c27-19-9-8-18(21(28)24-19)26-13-15-5-3-4-14(20(15)22(26)29)12-25-11-10-23-16-6-1-2-7-17(16)25/h3-5,16-18,23H,1-2,6-13H2,(H,24,27,28). The highest BCUT2D eigenvalue weighted by atomic mass is 16.2. The average molecular weight is 396 g/mol. The number of carbonyl (C=O) groups is 3. The summed E-state index contributed by atoms with van der Waals surface area (Å²) in [6.07, 6.45) is 5.70. The Bertz CT molecular complexity index is 852. The number of hydrogen-bond donors (Lipinski definition) is 2. The third-order valence-electron chi connectivity index (χ3n) is 7.02. The van der Waals surface area contributed by atoms with Crippen LogP contribution in [0.1, 0.15) is 60.0 Å². The van der Waals surface area contributed by atoms with Gasteiger partial charge < -0.3 is 10.2 Å². The second-order valence-corrected chi connectivity index (χ2v) is 8.73. The molecule has 3 fully saturated rings. The van der Waals surface area contributed by atoms with Crippen molar-refractivity contribution in [2.24, 2.45) is 0 Å². The Morgan fingerprint density at radius 3 is 2.79 bits per heavy atom. The molecule has 154 valence electrons. The fraction of sp³-hybridized carbons (Fsp3) is 0.591. The zero-order chi connectivity index (χ0) is 20.0. The lowest BCUT2D eigenvalue weighted by Gasteiger charge is -2.44. The van der Waals surface area contributed by atoms with Gasteiger partial charge in [-0.05, 0) is 30.4 Å². The zero-order valence-corrected chi connectivity index (χ0v) is 16.7. The molecule has 1 aromatic carbocycles. The van der Waals surface area contributed by atoms with Gasteiger partial charge in [-0.25, -0.2) is 0 Å². The maximum absolute atomic E-state index is 13.3. The number of imide groups is 1. The second kappa shape index (κ2) is 7.54. The van der Waals surface area contributed by atoms with Crippen LogP contribution in [-0.2, 0) is 22.7 Å². The van der Waals surface area contributed by atoms with Crippen LogP contribution in [0.5, 0.6) is 0 Å². The van der Waals surface area contributed by atoms with Gasteiger partial charge in [0.2, 0.25) is 11.8 Å². The molecule has 3 unspecified atom stereocenters. The number of hydrogen-bond acceptors (Lipinski definition) is 5. The van der Waals surface area contributed by atoms with Crippen LogP contribution in [0.3, 0.4) is 0 Å². The molecule has 2 saturated heterocycles. The van der Waals surface area contributed by atoms with E-state index in [-0.39, 0.29) is 24.1 Å². The van der Waals surface area contributed by atoms with E-state index in [4.69, 9.17) is 0 Å². The lowest BCUT2D eigenvalue weighted by Crippen LogP contribution is -2.58. The van der Waals surface area contributed by atoms with Crippen molar-refractivity contribution in [3.05, 3.63) is 34.9 Å². The first-order valence-corrected chi connectivity index (χ1v) is 10.8. The highest BCUT2D eigenvalue weighted by Crippen LogP contribution is 2.32. The second-order valence-electron chi connectivity index (χ2n) is 8.73. The smallest absolute Gasteiger partial charge is 0.255 e. The summed E-state index contributed by atoms with van der Waals surface area (Å²) < 4.78 is 0. The van der Waals surface area contributed by atoms with E-state index in [1.807, 2.05) is 12.1 Å². The van der Waals surface area contributed by atoms with Gasteiger partial charge in [0.15, 0.2) is 0 Å². The minimum absolute atomic E-state index is 0.0690. The molecule has 1 saturated carbocycles. The Balaban J connectivity index is 1.37.